The third-order valence-corrected chi connectivity index (χ3v) is 6.68. The lowest BCUT2D eigenvalue weighted by Gasteiger charge is -2.33. The summed E-state index contributed by atoms with van der Waals surface area (Å²) in [6, 6.07) is 7.38. The maximum absolute atomic E-state index is 11.0. The molecule has 0 fully saturated rings. The summed E-state index contributed by atoms with van der Waals surface area (Å²) in [5.41, 5.74) is 1.04. The number of ether oxygens (including phenoxy) is 1. The van der Waals surface area contributed by atoms with Crippen molar-refractivity contribution in [3.63, 3.8) is 0 Å². The Morgan fingerprint density at radius 2 is 1.45 bits per heavy atom. The predicted molar refractivity (Wildman–Crippen MR) is 86.8 cm³/mol. The topological polar surface area (TPSA) is 54.0 Å². The molecule has 6 heteroatoms. The standard InChI is InChI=1S/C16H26O5Si/c1-6-18-22(19-7-2,20-8-3)13(4)15-9-11-16(12-10-15)21-14(5)17/h9-13H,6-8H2,1-5H3. The molecule has 1 aromatic carbocycles. The van der Waals surface area contributed by atoms with Crippen molar-refractivity contribution in [3.8, 4) is 5.75 Å². The first-order chi connectivity index (χ1) is 10.5. The number of carbonyl (C=O) groups excluding carboxylic acids is 1. The van der Waals surface area contributed by atoms with E-state index in [0.29, 0.717) is 25.6 Å². The monoisotopic (exact) mass is 326 g/mol. The molecule has 0 amide bonds. The molecule has 124 valence electrons. The van der Waals surface area contributed by atoms with E-state index in [2.05, 4.69) is 0 Å². The van der Waals surface area contributed by atoms with Crippen LogP contribution in [0.1, 0.15) is 45.7 Å². The van der Waals surface area contributed by atoms with Gasteiger partial charge < -0.3 is 18.0 Å². The van der Waals surface area contributed by atoms with Gasteiger partial charge in [-0.25, -0.2) is 0 Å². The van der Waals surface area contributed by atoms with Crippen LogP contribution in [0.2, 0.25) is 0 Å². The Labute approximate surface area is 133 Å². The summed E-state index contributed by atoms with van der Waals surface area (Å²) >= 11 is 0. The lowest BCUT2D eigenvalue weighted by atomic mass is 10.1. The summed E-state index contributed by atoms with van der Waals surface area (Å²) in [5, 5.41) is 0. The molecule has 0 spiro atoms. The average Bonchev–Trinajstić information content (AvgIpc) is 2.47. The second kappa shape index (κ2) is 9.04. The number of hydrogen-bond acceptors (Lipinski definition) is 5. The summed E-state index contributed by atoms with van der Waals surface area (Å²) in [5.74, 6) is 0.197. The van der Waals surface area contributed by atoms with Crippen molar-refractivity contribution in [1.82, 2.24) is 0 Å². The molecule has 22 heavy (non-hydrogen) atoms. The van der Waals surface area contributed by atoms with Crippen LogP contribution in [0.3, 0.4) is 0 Å². The molecule has 5 nitrogen and oxygen atoms in total. The molecule has 0 aliphatic carbocycles. The minimum absolute atomic E-state index is 0.00118. The molecule has 0 aromatic heterocycles. The third kappa shape index (κ3) is 4.91. The predicted octanol–water partition coefficient (Wildman–Crippen LogP) is 3.30. The van der Waals surface area contributed by atoms with Gasteiger partial charge in [0.1, 0.15) is 5.75 Å². The highest BCUT2D eigenvalue weighted by atomic mass is 28.4. The van der Waals surface area contributed by atoms with Crippen LogP contribution >= 0.6 is 0 Å². The van der Waals surface area contributed by atoms with Crippen LogP contribution in [-0.4, -0.2) is 34.6 Å². The quantitative estimate of drug-likeness (QED) is 0.396. The Bertz CT molecular complexity index is 443. The van der Waals surface area contributed by atoms with Gasteiger partial charge in [0, 0.05) is 26.7 Å². The number of hydrogen-bond donors (Lipinski definition) is 0. The minimum Gasteiger partial charge on any atom is -0.427 e. The molecular formula is C16H26O5Si. The molecule has 0 saturated carbocycles. The largest absolute Gasteiger partial charge is 0.508 e. The zero-order valence-electron chi connectivity index (χ0n) is 14.0. The van der Waals surface area contributed by atoms with Crippen molar-refractivity contribution in [2.24, 2.45) is 0 Å². The summed E-state index contributed by atoms with van der Waals surface area (Å²) in [4.78, 5) is 11.0. The van der Waals surface area contributed by atoms with Gasteiger partial charge in [-0.15, -0.1) is 0 Å². The van der Waals surface area contributed by atoms with Crippen molar-refractivity contribution in [3.05, 3.63) is 29.8 Å². The van der Waals surface area contributed by atoms with E-state index in [1.807, 2.05) is 39.8 Å². The molecule has 1 unspecified atom stereocenters. The van der Waals surface area contributed by atoms with Gasteiger partial charge >= 0.3 is 14.8 Å². The second-order valence-corrected chi connectivity index (χ2v) is 7.73. The van der Waals surface area contributed by atoms with Crippen molar-refractivity contribution in [2.45, 2.75) is 40.2 Å². The van der Waals surface area contributed by atoms with Crippen LogP contribution in [0.5, 0.6) is 5.75 Å². The highest BCUT2D eigenvalue weighted by Gasteiger charge is 2.47. The van der Waals surface area contributed by atoms with Crippen molar-refractivity contribution in [1.29, 1.82) is 0 Å². The zero-order valence-corrected chi connectivity index (χ0v) is 15.0. The molecule has 1 atom stereocenters. The van der Waals surface area contributed by atoms with E-state index >= 15 is 0 Å². The molecule has 0 N–H and O–H groups in total. The number of esters is 1. The highest BCUT2D eigenvalue weighted by molar-refractivity contribution is 6.62. The van der Waals surface area contributed by atoms with Gasteiger partial charge in [-0.05, 0) is 38.5 Å². The smallest absolute Gasteiger partial charge is 0.427 e. The first kappa shape index (κ1) is 18.8. The van der Waals surface area contributed by atoms with Crippen molar-refractivity contribution >= 4 is 14.8 Å². The molecule has 0 aliphatic rings. The lowest BCUT2D eigenvalue weighted by Crippen LogP contribution is -2.51. The Kier molecular flexibility index (Phi) is 7.74. The number of rotatable bonds is 9. The molecule has 0 radical (unpaired) electrons. The average molecular weight is 326 g/mol. The lowest BCUT2D eigenvalue weighted by molar-refractivity contribution is -0.131. The number of carbonyl (C=O) groups is 1. The fourth-order valence-corrected chi connectivity index (χ4v) is 5.11. The van der Waals surface area contributed by atoms with Crippen LogP contribution in [0.4, 0.5) is 0 Å². The van der Waals surface area contributed by atoms with Gasteiger partial charge in [-0.1, -0.05) is 19.1 Å². The fraction of sp³-hybridized carbons (Fsp3) is 0.562. The molecule has 0 saturated heterocycles. The maximum atomic E-state index is 11.0. The molecule has 1 rings (SSSR count). The first-order valence-electron chi connectivity index (χ1n) is 7.69. The van der Waals surface area contributed by atoms with E-state index in [-0.39, 0.29) is 11.5 Å². The minimum atomic E-state index is -2.80. The van der Waals surface area contributed by atoms with Crippen LogP contribution in [0.25, 0.3) is 0 Å². The zero-order chi connectivity index (χ0) is 16.6. The maximum Gasteiger partial charge on any atom is 0.508 e. The van der Waals surface area contributed by atoms with Crippen LogP contribution in [0, 0.1) is 0 Å². The van der Waals surface area contributed by atoms with Gasteiger partial charge in [0.25, 0.3) is 0 Å². The summed E-state index contributed by atoms with van der Waals surface area (Å²) < 4.78 is 22.8. The third-order valence-electron chi connectivity index (χ3n) is 3.21. The Morgan fingerprint density at radius 1 is 1.00 bits per heavy atom. The van der Waals surface area contributed by atoms with Crippen LogP contribution in [-0.2, 0) is 18.1 Å². The van der Waals surface area contributed by atoms with E-state index < -0.39 is 8.80 Å². The van der Waals surface area contributed by atoms with Gasteiger partial charge in [0.05, 0.1) is 5.54 Å². The normalized spacial score (nSPS) is 13.0. The Balaban J connectivity index is 3.01. The highest BCUT2D eigenvalue weighted by Crippen LogP contribution is 2.31. The molecule has 1 aromatic rings. The van der Waals surface area contributed by atoms with Gasteiger partial charge in [0.2, 0.25) is 0 Å². The Morgan fingerprint density at radius 3 is 1.82 bits per heavy atom. The van der Waals surface area contributed by atoms with Crippen molar-refractivity contribution < 1.29 is 22.8 Å². The SMILES string of the molecule is CCO[Si](OCC)(OCC)C(C)c1ccc(OC(C)=O)cc1. The van der Waals surface area contributed by atoms with E-state index in [9.17, 15) is 4.79 Å². The van der Waals surface area contributed by atoms with Gasteiger partial charge in [-0.2, -0.15) is 0 Å². The van der Waals surface area contributed by atoms with Crippen LogP contribution in [0.15, 0.2) is 24.3 Å². The van der Waals surface area contributed by atoms with E-state index in [4.69, 9.17) is 18.0 Å². The fourth-order valence-electron chi connectivity index (χ4n) is 2.30. The van der Waals surface area contributed by atoms with Crippen LogP contribution < -0.4 is 4.74 Å². The first-order valence-corrected chi connectivity index (χ1v) is 9.49. The molecule has 0 bridgehead atoms. The van der Waals surface area contributed by atoms with Crippen molar-refractivity contribution in [2.75, 3.05) is 19.8 Å². The van der Waals surface area contributed by atoms with Gasteiger partial charge in [0.15, 0.2) is 0 Å². The molecular weight excluding hydrogens is 300 g/mol. The molecule has 0 aliphatic heterocycles. The number of benzene rings is 1. The Hall–Kier alpha value is -1.21. The second-order valence-electron chi connectivity index (χ2n) is 4.79. The van der Waals surface area contributed by atoms with E-state index in [1.165, 1.54) is 6.92 Å². The summed E-state index contributed by atoms with van der Waals surface area (Å²) in [6.45, 7) is 10.9. The van der Waals surface area contributed by atoms with E-state index in [0.717, 1.165) is 5.56 Å². The van der Waals surface area contributed by atoms with E-state index in [1.54, 1.807) is 12.1 Å². The van der Waals surface area contributed by atoms with Gasteiger partial charge in [-0.3, -0.25) is 4.79 Å². The summed E-state index contributed by atoms with van der Waals surface area (Å²) in [6.07, 6.45) is 0. The summed E-state index contributed by atoms with van der Waals surface area (Å²) in [7, 11) is -2.80. The molecule has 0 heterocycles.